The number of aliphatic carboxylic acids is 1. The van der Waals surface area contributed by atoms with Crippen molar-refractivity contribution in [1.29, 1.82) is 0 Å². The average molecular weight is 306 g/mol. The number of rotatable bonds is 4. The van der Waals surface area contributed by atoms with Gasteiger partial charge >= 0.3 is 5.97 Å². The zero-order chi connectivity index (χ0) is 15.6. The quantitative estimate of drug-likeness (QED) is 0.738. The number of nitrogens with one attached hydrogen (secondary N) is 2. The summed E-state index contributed by atoms with van der Waals surface area (Å²) in [4.78, 5) is 19.8. The number of hydrogen-bond donors (Lipinski definition) is 3. The molecule has 0 radical (unpaired) electrons. The molecule has 0 aromatic carbocycles. The van der Waals surface area contributed by atoms with Crippen molar-refractivity contribution in [2.75, 3.05) is 19.7 Å². The number of carbonyl (C=O) groups is 1. The van der Waals surface area contributed by atoms with E-state index >= 15 is 0 Å². The lowest BCUT2D eigenvalue weighted by atomic mass is 9.66. The third-order valence-electron chi connectivity index (χ3n) is 4.86. The molecule has 0 saturated carbocycles. The van der Waals surface area contributed by atoms with Gasteiger partial charge in [0.15, 0.2) is 0 Å². The van der Waals surface area contributed by atoms with E-state index in [1.165, 1.54) is 0 Å². The molecule has 2 saturated heterocycles. The van der Waals surface area contributed by atoms with E-state index < -0.39 is 12.0 Å². The van der Waals surface area contributed by atoms with Crippen molar-refractivity contribution < 1.29 is 14.6 Å². The molecule has 2 aliphatic rings. The van der Waals surface area contributed by atoms with Crippen LogP contribution in [0.2, 0.25) is 0 Å². The molecular formula is C15H22N4O3. The van der Waals surface area contributed by atoms with Crippen molar-refractivity contribution in [3.05, 3.63) is 24.3 Å². The van der Waals surface area contributed by atoms with Gasteiger partial charge in [0.2, 0.25) is 0 Å². The van der Waals surface area contributed by atoms with Crippen LogP contribution in [0.25, 0.3) is 0 Å². The Kier molecular flexibility index (Phi) is 4.37. The van der Waals surface area contributed by atoms with Crippen molar-refractivity contribution in [1.82, 2.24) is 20.6 Å². The van der Waals surface area contributed by atoms with E-state index in [1.807, 2.05) is 13.0 Å². The SMILES string of the molecule is CCOC1NC(C(=O)O)CC12CCNCC2c1ccncn1. The first-order chi connectivity index (χ1) is 10.7. The molecule has 3 heterocycles. The molecule has 0 aliphatic carbocycles. The second-order valence-corrected chi connectivity index (χ2v) is 5.97. The van der Waals surface area contributed by atoms with Crippen molar-refractivity contribution in [2.24, 2.45) is 5.41 Å². The van der Waals surface area contributed by atoms with Crippen LogP contribution in [-0.4, -0.2) is 53.0 Å². The summed E-state index contributed by atoms with van der Waals surface area (Å²) >= 11 is 0. The predicted molar refractivity (Wildman–Crippen MR) is 79.3 cm³/mol. The van der Waals surface area contributed by atoms with Gasteiger partial charge in [0.25, 0.3) is 0 Å². The minimum atomic E-state index is -0.818. The highest BCUT2D eigenvalue weighted by Crippen LogP contribution is 2.50. The first-order valence-electron chi connectivity index (χ1n) is 7.74. The molecule has 3 N–H and O–H groups in total. The summed E-state index contributed by atoms with van der Waals surface area (Å²) in [5, 5.41) is 16.0. The lowest BCUT2D eigenvalue weighted by Gasteiger charge is -2.44. The smallest absolute Gasteiger partial charge is 0.320 e. The van der Waals surface area contributed by atoms with Crippen LogP contribution in [0.4, 0.5) is 0 Å². The fraction of sp³-hybridized carbons (Fsp3) is 0.667. The number of carboxylic acids is 1. The van der Waals surface area contributed by atoms with Crippen molar-refractivity contribution in [2.45, 2.75) is 38.0 Å². The summed E-state index contributed by atoms with van der Waals surface area (Å²) in [6, 6.07) is 1.34. The molecule has 3 rings (SSSR count). The minimum absolute atomic E-state index is 0.109. The van der Waals surface area contributed by atoms with E-state index in [1.54, 1.807) is 12.5 Å². The van der Waals surface area contributed by atoms with E-state index in [4.69, 9.17) is 4.74 Å². The monoisotopic (exact) mass is 306 g/mol. The first-order valence-corrected chi connectivity index (χ1v) is 7.74. The van der Waals surface area contributed by atoms with Crippen LogP contribution in [0.15, 0.2) is 18.6 Å². The van der Waals surface area contributed by atoms with Gasteiger partial charge in [-0.2, -0.15) is 0 Å². The van der Waals surface area contributed by atoms with Gasteiger partial charge in [-0.1, -0.05) is 0 Å². The van der Waals surface area contributed by atoms with Gasteiger partial charge in [0.05, 0.1) is 0 Å². The first kappa shape index (κ1) is 15.3. The Morgan fingerprint density at radius 2 is 2.45 bits per heavy atom. The zero-order valence-corrected chi connectivity index (χ0v) is 12.7. The third kappa shape index (κ3) is 2.60. The highest BCUT2D eigenvalue weighted by Gasteiger charge is 2.55. The molecule has 1 aromatic heterocycles. The molecule has 7 heteroatoms. The highest BCUT2D eigenvalue weighted by molar-refractivity contribution is 5.74. The normalized spacial score (nSPS) is 34.9. The fourth-order valence-corrected chi connectivity index (χ4v) is 3.84. The van der Waals surface area contributed by atoms with Gasteiger partial charge in [-0.3, -0.25) is 10.1 Å². The molecule has 120 valence electrons. The Bertz CT molecular complexity index is 527. The fourth-order valence-electron chi connectivity index (χ4n) is 3.84. The van der Waals surface area contributed by atoms with Crippen LogP contribution in [0.1, 0.15) is 31.4 Å². The van der Waals surface area contributed by atoms with Gasteiger partial charge in [0, 0.05) is 36.4 Å². The molecule has 1 spiro atoms. The van der Waals surface area contributed by atoms with Gasteiger partial charge in [-0.25, -0.2) is 9.97 Å². The van der Waals surface area contributed by atoms with Crippen LogP contribution < -0.4 is 10.6 Å². The summed E-state index contributed by atoms with van der Waals surface area (Å²) < 4.78 is 5.88. The predicted octanol–water partition coefficient (Wildman–Crippen LogP) is 0.349. The van der Waals surface area contributed by atoms with Crippen LogP contribution in [-0.2, 0) is 9.53 Å². The zero-order valence-electron chi connectivity index (χ0n) is 12.7. The van der Waals surface area contributed by atoms with Crippen LogP contribution in [0.3, 0.4) is 0 Å². The second kappa shape index (κ2) is 6.28. The molecule has 0 amide bonds. The minimum Gasteiger partial charge on any atom is -0.480 e. The Balaban J connectivity index is 1.96. The number of hydrogen-bond acceptors (Lipinski definition) is 6. The Hall–Kier alpha value is -1.57. The highest BCUT2D eigenvalue weighted by atomic mass is 16.5. The maximum Gasteiger partial charge on any atom is 0.320 e. The van der Waals surface area contributed by atoms with Gasteiger partial charge in [0.1, 0.15) is 18.6 Å². The van der Waals surface area contributed by atoms with E-state index in [-0.39, 0.29) is 17.6 Å². The molecule has 4 atom stereocenters. The molecule has 2 aliphatic heterocycles. The van der Waals surface area contributed by atoms with Gasteiger partial charge in [-0.15, -0.1) is 0 Å². The van der Waals surface area contributed by atoms with Crippen molar-refractivity contribution >= 4 is 5.97 Å². The summed E-state index contributed by atoms with van der Waals surface area (Å²) in [5.41, 5.74) is 0.693. The molecular weight excluding hydrogens is 284 g/mol. The molecule has 4 unspecified atom stereocenters. The van der Waals surface area contributed by atoms with Crippen molar-refractivity contribution in [3.63, 3.8) is 0 Å². The number of piperidine rings is 1. The van der Waals surface area contributed by atoms with Crippen LogP contribution in [0.5, 0.6) is 0 Å². The van der Waals surface area contributed by atoms with E-state index in [0.717, 1.165) is 25.2 Å². The number of ether oxygens (including phenoxy) is 1. The lowest BCUT2D eigenvalue weighted by Crippen LogP contribution is -2.51. The summed E-state index contributed by atoms with van der Waals surface area (Å²) in [5.74, 6) is -0.709. The summed E-state index contributed by atoms with van der Waals surface area (Å²) in [6.07, 6.45) is 4.44. The number of aromatic nitrogens is 2. The van der Waals surface area contributed by atoms with Gasteiger partial charge < -0.3 is 15.2 Å². The summed E-state index contributed by atoms with van der Waals surface area (Å²) in [7, 11) is 0. The number of nitrogens with zero attached hydrogens (tertiary/aromatic N) is 2. The topological polar surface area (TPSA) is 96.4 Å². The van der Waals surface area contributed by atoms with Gasteiger partial charge in [-0.05, 0) is 32.4 Å². The summed E-state index contributed by atoms with van der Waals surface area (Å²) in [6.45, 7) is 4.12. The van der Waals surface area contributed by atoms with E-state index in [9.17, 15) is 9.90 Å². The standard InChI is InChI=1S/C15H22N4O3/c1-2-22-14-15(7-12(19-14)13(20)21)4-6-16-8-10(15)11-3-5-17-9-18-11/h3,5,9-10,12,14,16,19H,2,4,6-8H2,1H3,(H,20,21). The van der Waals surface area contributed by atoms with Crippen LogP contribution >= 0.6 is 0 Å². The van der Waals surface area contributed by atoms with Crippen molar-refractivity contribution in [3.8, 4) is 0 Å². The Labute approximate surface area is 129 Å². The Morgan fingerprint density at radius 1 is 1.59 bits per heavy atom. The largest absolute Gasteiger partial charge is 0.480 e. The molecule has 22 heavy (non-hydrogen) atoms. The number of carboxylic acid groups (broad SMARTS) is 1. The Morgan fingerprint density at radius 3 is 3.14 bits per heavy atom. The molecule has 7 nitrogen and oxygen atoms in total. The van der Waals surface area contributed by atoms with E-state index in [2.05, 4.69) is 20.6 Å². The second-order valence-electron chi connectivity index (χ2n) is 5.97. The van der Waals surface area contributed by atoms with Crippen LogP contribution in [0, 0.1) is 5.41 Å². The lowest BCUT2D eigenvalue weighted by molar-refractivity contribution is -0.139. The average Bonchev–Trinajstić information content (AvgIpc) is 2.88. The molecule has 2 fully saturated rings. The molecule has 1 aromatic rings. The molecule has 0 bridgehead atoms. The maximum atomic E-state index is 11.5. The third-order valence-corrected chi connectivity index (χ3v) is 4.86. The van der Waals surface area contributed by atoms with E-state index in [0.29, 0.717) is 13.0 Å². The maximum absolute atomic E-state index is 11.5.